The van der Waals surface area contributed by atoms with Gasteiger partial charge in [0.25, 0.3) is 15.9 Å². The Kier molecular flexibility index (Phi) is 5.18. The zero-order valence-electron chi connectivity index (χ0n) is 18.1. The van der Waals surface area contributed by atoms with Gasteiger partial charge >= 0.3 is 0 Å². The highest BCUT2D eigenvalue weighted by atomic mass is 32.2. The van der Waals surface area contributed by atoms with Gasteiger partial charge in [0.1, 0.15) is 11.6 Å². The van der Waals surface area contributed by atoms with Crippen LogP contribution in [0.2, 0.25) is 0 Å². The number of fused-ring (bicyclic) bond motifs is 3. The molecule has 0 aliphatic heterocycles. The normalized spacial score (nSPS) is 11.7. The maximum absolute atomic E-state index is 12.7. The maximum Gasteiger partial charge on any atom is 0.266 e. The first-order valence-electron chi connectivity index (χ1n) is 10.5. The number of ether oxygens (including phenoxy) is 1. The summed E-state index contributed by atoms with van der Waals surface area (Å²) in [6.07, 6.45) is 0.713. The highest BCUT2D eigenvalue weighted by Crippen LogP contribution is 2.29. The van der Waals surface area contributed by atoms with Crippen molar-refractivity contribution in [2.24, 2.45) is 0 Å². The van der Waals surface area contributed by atoms with Crippen LogP contribution in [0.4, 0.5) is 5.69 Å². The molecule has 0 radical (unpaired) electrons. The Morgan fingerprint density at radius 2 is 1.67 bits per heavy atom. The lowest BCUT2D eigenvalue weighted by Crippen LogP contribution is -2.14. The molecule has 0 spiro atoms. The zero-order valence-corrected chi connectivity index (χ0v) is 18.9. The first kappa shape index (κ1) is 20.9. The van der Waals surface area contributed by atoms with Gasteiger partial charge in [-0.05, 0) is 55.0 Å². The summed E-state index contributed by atoms with van der Waals surface area (Å²) in [5.74, 6) is 1.64. The van der Waals surface area contributed by atoms with Gasteiger partial charge in [0.15, 0.2) is 0 Å². The summed E-state index contributed by atoms with van der Waals surface area (Å²) in [4.78, 5) is 4.86. The fourth-order valence-electron chi connectivity index (χ4n) is 3.68. The van der Waals surface area contributed by atoms with Crippen LogP contribution in [0.15, 0.2) is 77.7 Å². The Balaban J connectivity index is 1.45. The van der Waals surface area contributed by atoms with E-state index >= 15 is 0 Å². The molecule has 3 aromatic carbocycles. The second-order valence-corrected chi connectivity index (χ2v) is 9.18. The van der Waals surface area contributed by atoms with Crippen LogP contribution in [-0.4, -0.2) is 28.0 Å². The average molecular weight is 460 g/mol. The van der Waals surface area contributed by atoms with Crippen LogP contribution in [0.1, 0.15) is 18.3 Å². The number of anilines is 1. The van der Waals surface area contributed by atoms with Gasteiger partial charge in [-0.25, -0.2) is 13.4 Å². The van der Waals surface area contributed by atoms with Gasteiger partial charge in [0, 0.05) is 12.1 Å². The zero-order chi connectivity index (χ0) is 23.0. The third-order valence-electron chi connectivity index (χ3n) is 5.29. The Bertz CT molecular complexity index is 1580. The molecule has 0 saturated heterocycles. The fraction of sp³-hybridized carbons (Fsp3) is 0.125. The molecule has 0 fully saturated rings. The van der Waals surface area contributed by atoms with Gasteiger partial charge < -0.3 is 4.74 Å². The Morgan fingerprint density at radius 3 is 2.42 bits per heavy atom. The molecule has 5 rings (SSSR count). The molecule has 1 N–H and O–H groups in total. The van der Waals surface area contributed by atoms with E-state index in [2.05, 4.69) is 19.9 Å². The molecule has 33 heavy (non-hydrogen) atoms. The summed E-state index contributed by atoms with van der Waals surface area (Å²) in [6, 6.07) is 21.2. The Morgan fingerprint density at radius 1 is 0.939 bits per heavy atom. The molecule has 0 unspecified atom stereocenters. The maximum atomic E-state index is 12.7. The molecule has 0 aliphatic carbocycles. The quantitative estimate of drug-likeness (QED) is 0.394. The van der Waals surface area contributed by atoms with Crippen molar-refractivity contribution in [3.05, 3.63) is 84.2 Å². The summed E-state index contributed by atoms with van der Waals surface area (Å²) in [5, 5.41) is 8.55. The standard InChI is InChI=1S/C24H21N5O3S/c1-3-22-26-27-23-24(25-19-9-5-6-10-20(19)29(22)23)32-18-14-12-17(13-15-18)28-33(30,31)21-11-7-4-8-16(21)2/h4-15,28H,3H2,1-2H3. The van der Waals surface area contributed by atoms with Crippen LogP contribution in [0.25, 0.3) is 16.7 Å². The molecule has 166 valence electrons. The summed E-state index contributed by atoms with van der Waals surface area (Å²) >= 11 is 0. The second-order valence-electron chi connectivity index (χ2n) is 7.53. The lowest BCUT2D eigenvalue weighted by molar-refractivity contribution is 0.467. The van der Waals surface area contributed by atoms with E-state index in [4.69, 9.17) is 4.74 Å². The van der Waals surface area contributed by atoms with Crippen molar-refractivity contribution < 1.29 is 13.2 Å². The van der Waals surface area contributed by atoms with E-state index in [1.165, 1.54) is 0 Å². The van der Waals surface area contributed by atoms with Crippen molar-refractivity contribution in [3.8, 4) is 11.6 Å². The first-order valence-corrected chi connectivity index (χ1v) is 11.9. The number of aromatic nitrogens is 4. The molecule has 2 aromatic heterocycles. The van der Waals surface area contributed by atoms with Gasteiger partial charge in [-0.2, -0.15) is 0 Å². The minimum atomic E-state index is -3.69. The van der Waals surface area contributed by atoms with Crippen LogP contribution in [0, 0.1) is 6.92 Å². The molecule has 2 heterocycles. The second kappa shape index (κ2) is 8.18. The van der Waals surface area contributed by atoms with Gasteiger partial charge in [-0.3, -0.25) is 9.12 Å². The molecule has 0 aliphatic rings. The Labute approximate surface area is 190 Å². The predicted octanol–water partition coefficient (Wildman–Crippen LogP) is 4.74. The van der Waals surface area contributed by atoms with Crippen LogP contribution in [0.5, 0.6) is 11.6 Å². The van der Waals surface area contributed by atoms with Crippen LogP contribution < -0.4 is 9.46 Å². The summed E-state index contributed by atoms with van der Waals surface area (Å²) in [5.41, 5.74) is 3.30. The number of aryl methyl sites for hydroxylation is 2. The number of sulfonamides is 1. The monoisotopic (exact) mass is 459 g/mol. The largest absolute Gasteiger partial charge is 0.436 e. The highest BCUT2D eigenvalue weighted by Gasteiger charge is 2.18. The molecular formula is C24H21N5O3S. The van der Waals surface area contributed by atoms with Crippen molar-refractivity contribution in [1.82, 2.24) is 19.6 Å². The van der Waals surface area contributed by atoms with E-state index in [0.717, 1.165) is 16.9 Å². The highest BCUT2D eigenvalue weighted by molar-refractivity contribution is 7.92. The number of hydrogen-bond donors (Lipinski definition) is 1. The third-order valence-corrected chi connectivity index (χ3v) is 6.83. The fourth-order valence-corrected chi connectivity index (χ4v) is 4.99. The molecule has 5 aromatic rings. The molecule has 0 bridgehead atoms. The van der Waals surface area contributed by atoms with Crippen LogP contribution in [0.3, 0.4) is 0 Å². The van der Waals surface area contributed by atoms with E-state index in [-0.39, 0.29) is 4.90 Å². The van der Waals surface area contributed by atoms with E-state index in [0.29, 0.717) is 34.9 Å². The summed E-state index contributed by atoms with van der Waals surface area (Å²) in [6.45, 7) is 3.78. The van der Waals surface area contributed by atoms with Crippen LogP contribution >= 0.6 is 0 Å². The minimum absolute atomic E-state index is 0.242. The van der Waals surface area contributed by atoms with E-state index < -0.39 is 10.0 Å². The van der Waals surface area contributed by atoms with Gasteiger partial charge in [0.2, 0.25) is 5.65 Å². The number of nitrogens with one attached hydrogen (secondary N) is 1. The molecule has 0 amide bonds. The molecule has 9 heteroatoms. The first-order chi connectivity index (χ1) is 16.0. The number of nitrogens with zero attached hydrogens (tertiary/aromatic N) is 4. The lowest BCUT2D eigenvalue weighted by Gasteiger charge is -2.12. The SMILES string of the molecule is CCc1nnc2c(Oc3ccc(NS(=O)(=O)c4ccccc4C)cc3)nc3ccccc3n12. The molecular weight excluding hydrogens is 438 g/mol. The molecule has 0 atom stereocenters. The smallest absolute Gasteiger partial charge is 0.266 e. The lowest BCUT2D eigenvalue weighted by atomic mass is 10.2. The van der Waals surface area contributed by atoms with Crippen molar-refractivity contribution in [1.29, 1.82) is 0 Å². The van der Waals surface area contributed by atoms with Gasteiger partial charge in [0.05, 0.1) is 15.9 Å². The van der Waals surface area contributed by atoms with Gasteiger partial charge in [-0.15, -0.1) is 10.2 Å². The van der Waals surface area contributed by atoms with E-state index in [9.17, 15) is 8.42 Å². The number of benzene rings is 3. The van der Waals surface area contributed by atoms with E-state index in [1.807, 2.05) is 35.6 Å². The number of hydrogen-bond acceptors (Lipinski definition) is 6. The summed E-state index contributed by atoms with van der Waals surface area (Å²) in [7, 11) is -3.69. The average Bonchev–Trinajstić information content (AvgIpc) is 3.25. The Hall–Kier alpha value is -3.98. The van der Waals surface area contributed by atoms with E-state index in [1.54, 1.807) is 55.5 Å². The topological polar surface area (TPSA) is 98.5 Å². The number of para-hydroxylation sites is 2. The molecule has 8 nitrogen and oxygen atoms in total. The molecule has 0 saturated carbocycles. The minimum Gasteiger partial charge on any atom is -0.436 e. The van der Waals surface area contributed by atoms with Crippen LogP contribution in [-0.2, 0) is 16.4 Å². The van der Waals surface area contributed by atoms with Crippen molar-refractivity contribution in [2.45, 2.75) is 25.2 Å². The van der Waals surface area contributed by atoms with Crippen molar-refractivity contribution in [3.63, 3.8) is 0 Å². The van der Waals surface area contributed by atoms with Crippen molar-refractivity contribution >= 4 is 32.4 Å². The third kappa shape index (κ3) is 3.87. The van der Waals surface area contributed by atoms with Gasteiger partial charge in [-0.1, -0.05) is 37.3 Å². The number of rotatable bonds is 6. The van der Waals surface area contributed by atoms with Crippen molar-refractivity contribution in [2.75, 3.05) is 4.72 Å². The summed E-state index contributed by atoms with van der Waals surface area (Å²) < 4.78 is 36.0. The predicted molar refractivity (Wildman–Crippen MR) is 126 cm³/mol.